The number of hydrogen-bond donors (Lipinski definition) is 2. The summed E-state index contributed by atoms with van der Waals surface area (Å²) in [6.07, 6.45) is 3.34. The van der Waals surface area contributed by atoms with Crippen LogP contribution in [0.2, 0.25) is 0 Å². The van der Waals surface area contributed by atoms with E-state index in [-0.39, 0.29) is 13.0 Å². The number of aromatic nitrogens is 2. The molecule has 0 saturated heterocycles. The predicted molar refractivity (Wildman–Crippen MR) is 109 cm³/mol. The van der Waals surface area contributed by atoms with Crippen LogP contribution in [-0.2, 0) is 21.4 Å². The zero-order chi connectivity index (χ0) is 22.3. The second-order valence-electron chi connectivity index (χ2n) is 6.42. The van der Waals surface area contributed by atoms with Crippen molar-refractivity contribution in [2.24, 2.45) is 0 Å². The summed E-state index contributed by atoms with van der Waals surface area (Å²) in [5.41, 5.74) is 0.491. The van der Waals surface area contributed by atoms with Gasteiger partial charge in [0.15, 0.2) is 11.6 Å². The Bertz CT molecular complexity index is 1140. The molecule has 0 radical (unpaired) electrons. The number of rotatable bonds is 10. The molecule has 1 amide bonds. The number of anilines is 1. The fraction of sp³-hybridized carbons (Fsp3) is 0.200. The van der Waals surface area contributed by atoms with Gasteiger partial charge < -0.3 is 10.1 Å². The first-order chi connectivity index (χ1) is 14.8. The molecular formula is C20H20F2N4O4S. The predicted octanol–water partition coefficient (Wildman–Crippen LogP) is 2.55. The Morgan fingerprint density at radius 1 is 1.10 bits per heavy atom. The van der Waals surface area contributed by atoms with Crippen LogP contribution in [0.15, 0.2) is 65.8 Å². The van der Waals surface area contributed by atoms with Crippen LogP contribution in [0.5, 0.6) is 5.75 Å². The van der Waals surface area contributed by atoms with Gasteiger partial charge in [0.2, 0.25) is 15.9 Å². The highest BCUT2D eigenvalue weighted by Gasteiger charge is 2.16. The van der Waals surface area contributed by atoms with Gasteiger partial charge in [-0.05, 0) is 36.4 Å². The number of benzene rings is 2. The van der Waals surface area contributed by atoms with Gasteiger partial charge in [0.05, 0.1) is 11.4 Å². The number of amides is 1. The minimum Gasteiger partial charge on any atom is -0.492 e. The van der Waals surface area contributed by atoms with E-state index >= 15 is 0 Å². The van der Waals surface area contributed by atoms with Crippen molar-refractivity contribution in [1.82, 2.24) is 14.5 Å². The number of halogens is 2. The topological polar surface area (TPSA) is 102 Å². The first-order valence-corrected chi connectivity index (χ1v) is 10.8. The van der Waals surface area contributed by atoms with Crippen LogP contribution in [0, 0.1) is 11.6 Å². The van der Waals surface area contributed by atoms with Crippen molar-refractivity contribution < 1.29 is 26.7 Å². The highest BCUT2D eigenvalue weighted by Crippen LogP contribution is 2.18. The molecule has 0 aliphatic carbocycles. The molecule has 3 aromatic rings. The van der Waals surface area contributed by atoms with Crippen LogP contribution in [-0.4, -0.2) is 37.3 Å². The molecule has 11 heteroatoms. The summed E-state index contributed by atoms with van der Waals surface area (Å²) in [4.78, 5) is 11.7. The van der Waals surface area contributed by atoms with Crippen molar-refractivity contribution in [3.63, 3.8) is 0 Å². The van der Waals surface area contributed by atoms with E-state index in [2.05, 4.69) is 15.1 Å². The monoisotopic (exact) mass is 450 g/mol. The minimum absolute atomic E-state index is 0.159. The van der Waals surface area contributed by atoms with E-state index in [1.165, 1.54) is 0 Å². The Hall–Kier alpha value is -3.31. The van der Waals surface area contributed by atoms with Crippen LogP contribution in [0.1, 0.15) is 6.42 Å². The Morgan fingerprint density at radius 2 is 1.94 bits per heavy atom. The normalized spacial score (nSPS) is 11.3. The number of sulfonamides is 1. The maximum atomic E-state index is 13.2. The zero-order valence-electron chi connectivity index (χ0n) is 16.3. The third kappa shape index (κ3) is 6.59. The summed E-state index contributed by atoms with van der Waals surface area (Å²) in [7, 11) is -4.07. The first kappa shape index (κ1) is 22.4. The summed E-state index contributed by atoms with van der Waals surface area (Å²) in [6, 6.07) is 10.8. The Labute approximate surface area is 177 Å². The second kappa shape index (κ2) is 10.1. The van der Waals surface area contributed by atoms with Gasteiger partial charge in [0.1, 0.15) is 12.4 Å². The van der Waals surface area contributed by atoms with Crippen LogP contribution < -0.4 is 14.8 Å². The van der Waals surface area contributed by atoms with E-state index in [9.17, 15) is 22.0 Å². The molecule has 0 saturated carbocycles. The Kier molecular flexibility index (Phi) is 7.32. The number of carbonyl (C=O) groups excluding carboxylic acids is 1. The number of nitrogens with one attached hydrogen (secondary N) is 2. The van der Waals surface area contributed by atoms with Gasteiger partial charge in [0.25, 0.3) is 0 Å². The fourth-order valence-corrected chi connectivity index (χ4v) is 3.65. The van der Waals surface area contributed by atoms with Crippen molar-refractivity contribution in [3.8, 4) is 5.75 Å². The number of nitrogens with zero attached hydrogens (tertiary/aromatic N) is 2. The fourth-order valence-electron chi connectivity index (χ4n) is 2.60. The van der Waals surface area contributed by atoms with Gasteiger partial charge in [-0.15, -0.1) is 0 Å². The van der Waals surface area contributed by atoms with Gasteiger partial charge in [0, 0.05) is 37.1 Å². The summed E-state index contributed by atoms with van der Waals surface area (Å²) in [6.45, 7) is 0.750. The molecule has 0 atom stereocenters. The summed E-state index contributed by atoms with van der Waals surface area (Å²) >= 11 is 0. The lowest BCUT2D eigenvalue weighted by Crippen LogP contribution is -2.28. The molecule has 0 fully saturated rings. The number of hydrogen-bond acceptors (Lipinski definition) is 5. The summed E-state index contributed by atoms with van der Waals surface area (Å²) in [5, 5.41) is 6.72. The first-order valence-electron chi connectivity index (χ1n) is 9.28. The van der Waals surface area contributed by atoms with Gasteiger partial charge in [-0.3, -0.25) is 9.48 Å². The molecule has 8 nitrogen and oxygen atoms in total. The van der Waals surface area contributed by atoms with Crippen molar-refractivity contribution >= 4 is 21.6 Å². The molecule has 0 spiro atoms. The van der Waals surface area contributed by atoms with Crippen molar-refractivity contribution in [1.29, 1.82) is 0 Å². The van der Waals surface area contributed by atoms with Crippen LogP contribution in [0.3, 0.4) is 0 Å². The minimum atomic E-state index is -4.07. The number of carbonyl (C=O) groups is 1. The van der Waals surface area contributed by atoms with Crippen LogP contribution >= 0.6 is 0 Å². The summed E-state index contributed by atoms with van der Waals surface area (Å²) in [5.74, 6) is -2.29. The summed E-state index contributed by atoms with van der Waals surface area (Å²) < 4.78 is 60.0. The van der Waals surface area contributed by atoms with Crippen molar-refractivity contribution in [2.45, 2.75) is 17.9 Å². The Morgan fingerprint density at radius 3 is 2.68 bits per heavy atom. The maximum Gasteiger partial charge on any atom is 0.240 e. The van der Waals surface area contributed by atoms with Crippen molar-refractivity contribution in [3.05, 3.63) is 72.6 Å². The molecule has 1 heterocycles. The standard InChI is InChI=1S/C20H20F2N4O4S/c21-18-6-5-17(14-19(18)22)31(28,29)24-9-7-20(27)25-15-3-1-4-16(13-15)30-12-11-26-10-2-8-23-26/h1-6,8,10,13-14,24H,7,9,11-12H2,(H,25,27). The van der Waals surface area contributed by atoms with Crippen LogP contribution in [0.4, 0.5) is 14.5 Å². The van der Waals surface area contributed by atoms with E-state index in [4.69, 9.17) is 4.74 Å². The van der Waals surface area contributed by atoms with E-state index < -0.39 is 32.5 Å². The second-order valence-corrected chi connectivity index (χ2v) is 8.18. The van der Waals surface area contributed by atoms with Crippen molar-refractivity contribution in [2.75, 3.05) is 18.5 Å². The van der Waals surface area contributed by atoms with E-state index in [0.29, 0.717) is 30.7 Å². The molecule has 2 N–H and O–H groups in total. The average Bonchev–Trinajstić information content (AvgIpc) is 3.23. The van der Waals surface area contributed by atoms with Gasteiger partial charge in [-0.25, -0.2) is 21.9 Å². The molecule has 0 unspecified atom stereocenters. The van der Waals surface area contributed by atoms with Gasteiger partial charge in [-0.2, -0.15) is 5.10 Å². The molecule has 0 aliphatic rings. The van der Waals surface area contributed by atoms with Gasteiger partial charge >= 0.3 is 0 Å². The highest BCUT2D eigenvalue weighted by atomic mass is 32.2. The zero-order valence-corrected chi connectivity index (χ0v) is 17.1. The third-order valence-electron chi connectivity index (χ3n) is 4.11. The number of ether oxygens (including phenoxy) is 1. The molecule has 1 aromatic heterocycles. The largest absolute Gasteiger partial charge is 0.492 e. The average molecular weight is 450 g/mol. The molecule has 2 aromatic carbocycles. The maximum absolute atomic E-state index is 13.2. The Balaban J connectivity index is 1.46. The molecule has 0 bridgehead atoms. The van der Waals surface area contributed by atoms with E-state index in [1.807, 2.05) is 12.3 Å². The lowest BCUT2D eigenvalue weighted by Gasteiger charge is -2.10. The molecule has 31 heavy (non-hydrogen) atoms. The van der Waals surface area contributed by atoms with E-state index in [0.717, 1.165) is 12.1 Å². The highest BCUT2D eigenvalue weighted by molar-refractivity contribution is 7.89. The molecular weight excluding hydrogens is 430 g/mol. The van der Waals surface area contributed by atoms with Gasteiger partial charge in [-0.1, -0.05) is 6.07 Å². The lowest BCUT2D eigenvalue weighted by molar-refractivity contribution is -0.116. The SMILES string of the molecule is O=C(CCNS(=O)(=O)c1ccc(F)c(F)c1)Nc1cccc(OCCn2cccn2)c1. The lowest BCUT2D eigenvalue weighted by atomic mass is 10.3. The van der Waals surface area contributed by atoms with Crippen LogP contribution in [0.25, 0.3) is 0 Å². The smallest absolute Gasteiger partial charge is 0.240 e. The molecule has 3 rings (SSSR count). The third-order valence-corrected chi connectivity index (χ3v) is 5.57. The van der Waals surface area contributed by atoms with E-state index in [1.54, 1.807) is 35.1 Å². The molecule has 0 aliphatic heterocycles. The quantitative estimate of drug-likeness (QED) is 0.494. The molecule has 164 valence electrons.